The van der Waals surface area contributed by atoms with E-state index in [0.717, 1.165) is 5.56 Å². The Kier molecular flexibility index (Phi) is 3.77. The summed E-state index contributed by atoms with van der Waals surface area (Å²) in [5.41, 5.74) is 3.22. The van der Waals surface area contributed by atoms with Crippen LogP contribution >= 0.6 is 0 Å². The SMILES string of the molecule is O=C(N/N=C\c1cccnc1)C1COc2ccccc2O1. The highest BCUT2D eigenvalue weighted by Gasteiger charge is 2.26. The van der Waals surface area contributed by atoms with Crippen molar-refractivity contribution in [3.63, 3.8) is 0 Å². The average molecular weight is 283 g/mol. The molecule has 0 saturated heterocycles. The van der Waals surface area contributed by atoms with E-state index >= 15 is 0 Å². The summed E-state index contributed by atoms with van der Waals surface area (Å²) in [6.07, 6.45) is 4.11. The van der Waals surface area contributed by atoms with Crippen molar-refractivity contribution in [1.29, 1.82) is 0 Å². The Morgan fingerprint density at radius 2 is 2.14 bits per heavy atom. The molecule has 1 atom stereocenters. The van der Waals surface area contributed by atoms with Crippen LogP contribution in [0.3, 0.4) is 0 Å². The maximum atomic E-state index is 12.0. The van der Waals surface area contributed by atoms with Crippen LogP contribution in [-0.4, -0.2) is 29.8 Å². The standard InChI is InChI=1S/C15H13N3O3/c19-15(18-17-9-11-4-3-7-16-8-11)14-10-20-12-5-1-2-6-13(12)21-14/h1-9,14H,10H2,(H,18,19)/b17-9-. The summed E-state index contributed by atoms with van der Waals surface area (Å²) < 4.78 is 11.0. The minimum Gasteiger partial charge on any atom is -0.485 e. The molecule has 0 bridgehead atoms. The average Bonchev–Trinajstić information content (AvgIpc) is 2.55. The monoisotopic (exact) mass is 283 g/mol. The van der Waals surface area contributed by atoms with Crippen molar-refractivity contribution in [2.45, 2.75) is 6.10 Å². The van der Waals surface area contributed by atoms with Crippen LogP contribution in [0.5, 0.6) is 11.5 Å². The molecule has 106 valence electrons. The first-order chi connectivity index (χ1) is 10.3. The van der Waals surface area contributed by atoms with Gasteiger partial charge < -0.3 is 9.47 Å². The van der Waals surface area contributed by atoms with Gasteiger partial charge in [0.2, 0.25) is 6.10 Å². The van der Waals surface area contributed by atoms with Crippen LogP contribution in [0, 0.1) is 0 Å². The summed E-state index contributed by atoms with van der Waals surface area (Å²) >= 11 is 0. The molecule has 2 heterocycles. The molecule has 0 saturated carbocycles. The molecule has 0 spiro atoms. The number of aromatic nitrogens is 1. The molecule has 0 radical (unpaired) electrons. The van der Waals surface area contributed by atoms with Gasteiger partial charge in [0.15, 0.2) is 11.5 Å². The van der Waals surface area contributed by atoms with E-state index in [0.29, 0.717) is 11.5 Å². The van der Waals surface area contributed by atoms with E-state index < -0.39 is 6.10 Å². The number of benzene rings is 1. The van der Waals surface area contributed by atoms with E-state index in [9.17, 15) is 4.79 Å². The fraction of sp³-hybridized carbons (Fsp3) is 0.133. The molecule has 1 unspecified atom stereocenters. The molecule has 3 rings (SSSR count). The van der Waals surface area contributed by atoms with Crippen molar-refractivity contribution in [2.75, 3.05) is 6.61 Å². The Morgan fingerprint density at radius 3 is 2.95 bits per heavy atom. The lowest BCUT2D eigenvalue weighted by Gasteiger charge is -2.24. The first kappa shape index (κ1) is 13.1. The van der Waals surface area contributed by atoms with E-state index in [-0.39, 0.29) is 12.5 Å². The third-order valence-electron chi connectivity index (χ3n) is 2.87. The smallest absolute Gasteiger partial charge is 0.284 e. The van der Waals surface area contributed by atoms with Gasteiger partial charge in [-0.3, -0.25) is 9.78 Å². The zero-order valence-corrected chi connectivity index (χ0v) is 11.1. The zero-order valence-electron chi connectivity index (χ0n) is 11.1. The van der Waals surface area contributed by atoms with Gasteiger partial charge in [0.1, 0.15) is 6.61 Å². The second-order valence-electron chi connectivity index (χ2n) is 4.38. The maximum absolute atomic E-state index is 12.0. The number of para-hydroxylation sites is 2. The highest BCUT2D eigenvalue weighted by atomic mass is 16.6. The van der Waals surface area contributed by atoms with Crippen LogP contribution < -0.4 is 14.9 Å². The van der Waals surface area contributed by atoms with Crippen LogP contribution in [0.4, 0.5) is 0 Å². The third kappa shape index (κ3) is 3.17. The normalized spacial score (nSPS) is 16.7. The van der Waals surface area contributed by atoms with E-state index in [1.54, 1.807) is 30.6 Å². The molecule has 0 aliphatic carbocycles. The second-order valence-corrected chi connectivity index (χ2v) is 4.38. The molecule has 2 aromatic rings. The second kappa shape index (κ2) is 6.04. The number of hydrogen-bond acceptors (Lipinski definition) is 5. The first-order valence-corrected chi connectivity index (χ1v) is 6.44. The lowest BCUT2D eigenvalue weighted by atomic mass is 10.2. The van der Waals surface area contributed by atoms with Gasteiger partial charge in [-0.15, -0.1) is 0 Å². The number of hydrogen-bond donors (Lipinski definition) is 1. The lowest BCUT2D eigenvalue weighted by molar-refractivity contribution is -0.130. The van der Waals surface area contributed by atoms with Gasteiger partial charge >= 0.3 is 0 Å². The Hall–Kier alpha value is -2.89. The number of amides is 1. The first-order valence-electron chi connectivity index (χ1n) is 6.44. The minimum atomic E-state index is -0.717. The summed E-state index contributed by atoms with van der Waals surface area (Å²) in [5.74, 6) is 0.838. The summed E-state index contributed by atoms with van der Waals surface area (Å²) in [4.78, 5) is 15.9. The van der Waals surface area contributed by atoms with Crippen LogP contribution in [0.1, 0.15) is 5.56 Å². The Morgan fingerprint density at radius 1 is 1.29 bits per heavy atom. The van der Waals surface area contributed by atoms with Crippen molar-refractivity contribution in [3.8, 4) is 11.5 Å². The van der Waals surface area contributed by atoms with Crippen molar-refractivity contribution in [2.24, 2.45) is 5.10 Å². The number of fused-ring (bicyclic) bond motifs is 1. The van der Waals surface area contributed by atoms with Gasteiger partial charge in [-0.25, -0.2) is 5.43 Å². The summed E-state index contributed by atoms with van der Waals surface area (Å²) in [6, 6.07) is 10.8. The number of nitrogens with zero attached hydrogens (tertiary/aromatic N) is 2. The maximum Gasteiger partial charge on any atom is 0.284 e. The molecule has 1 aliphatic rings. The molecule has 1 N–H and O–H groups in total. The summed E-state index contributed by atoms with van der Waals surface area (Å²) in [7, 11) is 0. The highest BCUT2D eigenvalue weighted by Crippen LogP contribution is 2.30. The predicted molar refractivity (Wildman–Crippen MR) is 76.3 cm³/mol. The van der Waals surface area contributed by atoms with Crippen LogP contribution in [0.2, 0.25) is 0 Å². The van der Waals surface area contributed by atoms with Crippen LogP contribution in [0.15, 0.2) is 53.9 Å². The van der Waals surface area contributed by atoms with E-state index in [2.05, 4.69) is 15.5 Å². The zero-order chi connectivity index (χ0) is 14.5. The number of rotatable bonds is 3. The Labute approximate surface area is 121 Å². The van der Waals surface area contributed by atoms with E-state index in [4.69, 9.17) is 9.47 Å². The Bertz CT molecular complexity index is 658. The number of nitrogens with one attached hydrogen (secondary N) is 1. The fourth-order valence-corrected chi connectivity index (χ4v) is 1.84. The largest absolute Gasteiger partial charge is 0.485 e. The van der Waals surface area contributed by atoms with Gasteiger partial charge in [-0.05, 0) is 18.2 Å². The number of carbonyl (C=O) groups is 1. The third-order valence-corrected chi connectivity index (χ3v) is 2.87. The van der Waals surface area contributed by atoms with Crippen molar-refractivity contribution < 1.29 is 14.3 Å². The van der Waals surface area contributed by atoms with Crippen molar-refractivity contribution in [1.82, 2.24) is 10.4 Å². The van der Waals surface area contributed by atoms with Crippen LogP contribution in [0.25, 0.3) is 0 Å². The number of hydrazone groups is 1. The fourth-order valence-electron chi connectivity index (χ4n) is 1.84. The summed E-state index contributed by atoms with van der Waals surface area (Å²) in [6.45, 7) is 0.158. The predicted octanol–water partition coefficient (Wildman–Crippen LogP) is 1.37. The molecule has 6 heteroatoms. The van der Waals surface area contributed by atoms with Crippen LogP contribution in [-0.2, 0) is 4.79 Å². The summed E-state index contributed by atoms with van der Waals surface area (Å²) in [5, 5.41) is 3.87. The van der Waals surface area contributed by atoms with Gasteiger partial charge in [-0.2, -0.15) is 5.10 Å². The molecule has 1 amide bonds. The quantitative estimate of drug-likeness (QED) is 0.682. The number of pyridine rings is 1. The van der Waals surface area contributed by atoms with E-state index in [1.165, 1.54) is 6.21 Å². The van der Waals surface area contributed by atoms with Gasteiger partial charge in [0.25, 0.3) is 5.91 Å². The number of carbonyl (C=O) groups excluding carboxylic acids is 1. The minimum absolute atomic E-state index is 0.158. The topological polar surface area (TPSA) is 72.8 Å². The van der Waals surface area contributed by atoms with Crippen molar-refractivity contribution in [3.05, 3.63) is 54.4 Å². The molecule has 1 aliphatic heterocycles. The van der Waals surface area contributed by atoms with Gasteiger partial charge in [-0.1, -0.05) is 18.2 Å². The lowest BCUT2D eigenvalue weighted by Crippen LogP contribution is -2.42. The van der Waals surface area contributed by atoms with E-state index in [1.807, 2.05) is 18.2 Å². The molecule has 0 fully saturated rings. The van der Waals surface area contributed by atoms with Gasteiger partial charge in [0, 0.05) is 18.0 Å². The molecular weight excluding hydrogens is 270 g/mol. The molecule has 21 heavy (non-hydrogen) atoms. The van der Waals surface area contributed by atoms with Gasteiger partial charge in [0.05, 0.1) is 6.21 Å². The molecular formula is C15H13N3O3. The van der Waals surface area contributed by atoms with Crippen molar-refractivity contribution >= 4 is 12.1 Å². The Balaban J connectivity index is 1.59. The molecule has 1 aromatic heterocycles. The highest BCUT2D eigenvalue weighted by molar-refractivity contribution is 5.84. The number of ether oxygens (including phenoxy) is 2. The molecule has 6 nitrogen and oxygen atoms in total. The molecule has 1 aromatic carbocycles.